The van der Waals surface area contributed by atoms with Crippen LogP contribution in [0.2, 0.25) is 5.02 Å². The molecule has 0 unspecified atom stereocenters. The average Bonchev–Trinajstić information content (AvgIpc) is 2.48. The molecule has 0 aliphatic heterocycles. The predicted octanol–water partition coefficient (Wildman–Crippen LogP) is 5.02. The largest absolute Gasteiger partial charge is 0.491 e. The lowest BCUT2D eigenvalue weighted by atomic mass is 10.2. The highest BCUT2D eigenvalue weighted by Crippen LogP contribution is 2.24. The van der Waals surface area contributed by atoms with Gasteiger partial charge in [-0.25, -0.2) is 4.79 Å². The highest BCUT2D eigenvalue weighted by molar-refractivity contribution is 6.30. The van der Waals surface area contributed by atoms with Gasteiger partial charge >= 0.3 is 6.03 Å². The van der Waals surface area contributed by atoms with Gasteiger partial charge in [-0.3, -0.25) is 0 Å². The Hall–Kier alpha value is -2.20. The van der Waals surface area contributed by atoms with E-state index in [0.29, 0.717) is 34.7 Å². The number of urea groups is 1. The van der Waals surface area contributed by atoms with Crippen molar-refractivity contribution in [2.45, 2.75) is 13.8 Å². The molecule has 2 aromatic rings. The lowest BCUT2D eigenvalue weighted by Crippen LogP contribution is -2.20. The molecule has 2 rings (SSSR count). The molecule has 22 heavy (non-hydrogen) atoms. The van der Waals surface area contributed by atoms with Crippen molar-refractivity contribution in [2.24, 2.45) is 5.92 Å². The van der Waals surface area contributed by atoms with Crippen molar-refractivity contribution in [2.75, 3.05) is 17.2 Å². The minimum Gasteiger partial charge on any atom is -0.491 e. The number of carbonyl (C=O) groups excluding carboxylic acids is 1. The number of hydrogen-bond donors (Lipinski definition) is 2. The van der Waals surface area contributed by atoms with Gasteiger partial charge in [-0.15, -0.1) is 0 Å². The molecule has 2 amide bonds. The Kier molecular flexibility index (Phi) is 5.67. The Bertz CT molecular complexity index is 627. The van der Waals surface area contributed by atoms with Crippen LogP contribution >= 0.6 is 11.6 Å². The van der Waals surface area contributed by atoms with Gasteiger partial charge in [0.25, 0.3) is 0 Å². The van der Waals surface area contributed by atoms with Crippen LogP contribution in [0.4, 0.5) is 16.2 Å². The van der Waals surface area contributed by atoms with Gasteiger partial charge in [-0.1, -0.05) is 37.6 Å². The first-order valence-electron chi connectivity index (χ1n) is 7.10. The third-order valence-corrected chi connectivity index (χ3v) is 3.06. The summed E-state index contributed by atoms with van der Waals surface area (Å²) < 4.78 is 5.71. The first kappa shape index (κ1) is 16.2. The second-order valence-electron chi connectivity index (χ2n) is 5.29. The number of para-hydroxylation sites is 2. The van der Waals surface area contributed by atoms with Gasteiger partial charge in [-0.2, -0.15) is 0 Å². The summed E-state index contributed by atoms with van der Waals surface area (Å²) in [6, 6.07) is 13.9. The maximum absolute atomic E-state index is 12.0. The summed E-state index contributed by atoms with van der Waals surface area (Å²) in [6.07, 6.45) is 0. The van der Waals surface area contributed by atoms with Crippen LogP contribution in [-0.2, 0) is 0 Å². The summed E-state index contributed by atoms with van der Waals surface area (Å²) in [7, 11) is 0. The van der Waals surface area contributed by atoms with E-state index < -0.39 is 0 Å². The minimum atomic E-state index is -0.331. The Morgan fingerprint density at radius 1 is 1.09 bits per heavy atom. The monoisotopic (exact) mass is 318 g/mol. The molecule has 0 heterocycles. The van der Waals surface area contributed by atoms with E-state index in [1.54, 1.807) is 30.3 Å². The Balaban J connectivity index is 2.00. The maximum Gasteiger partial charge on any atom is 0.323 e. The number of anilines is 2. The van der Waals surface area contributed by atoms with Crippen LogP contribution < -0.4 is 15.4 Å². The molecule has 0 aliphatic carbocycles. The van der Waals surface area contributed by atoms with Gasteiger partial charge < -0.3 is 15.4 Å². The van der Waals surface area contributed by atoms with E-state index in [9.17, 15) is 4.79 Å². The van der Waals surface area contributed by atoms with E-state index in [1.807, 2.05) is 18.2 Å². The van der Waals surface area contributed by atoms with Gasteiger partial charge in [0.15, 0.2) is 0 Å². The van der Waals surface area contributed by atoms with Gasteiger partial charge in [0.05, 0.1) is 12.3 Å². The van der Waals surface area contributed by atoms with Crippen molar-refractivity contribution in [1.82, 2.24) is 0 Å². The van der Waals surface area contributed by atoms with Crippen molar-refractivity contribution >= 4 is 29.0 Å². The van der Waals surface area contributed by atoms with Crippen LogP contribution in [0.5, 0.6) is 5.75 Å². The third kappa shape index (κ3) is 4.97. The molecule has 5 heteroatoms. The van der Waals surface area contributed by atoms with Crippen molar-refractivity contribution in [1.29, 1.82) is 0 Å². The smallest absolute Gasteiger partial charge is 0.323 e. The lowest BCUT2D eigenvalue weighted by Gasteiger charge is -2.14. The summed E-state index contributed by atoms with van der Waals surface area (Å²) in [5.41, 5.74) is 1.30. The average molecular weight is 319 g/mol. The first-order chi connectivity index (χ1) is 10.5. The third-order valence-electron chi connectivity index (χ3n) is 2.81. The molecule has 2 aromatic carbocycles. The van der Waals surface area contributed by atoms with E-state index in [4.69, 9.17) is 16.3 Å². The summed E-state index contributed by atoms with van der Waals surface area (Å²) in [5, 5.41) is 6.16. The molecule has 2 N–H and O–H groups in total. The fourth-order valence-corrected chi connectivity index (χ4v) is 1.90. The lowest BCUT2D eigenvalue weighted by molar-refractivity contribution is 0.260. The fraction of sp³-hybridized carbons (Fsp3) is 0.235. The summed E-state index contributed by atoms with van der Waals surface area (Å²) in [4.78, 5) is 12.0. The van der Waals surface area contributed by atoms with Gasteiger partial charge in [-0.05, 0) is 42.3 Å². The number of benzene rings is 2. The van der Waals surface area contributed by atoms with E-state index in [0.717, 1.165) is 0 Å². The number of nitrogens with one attached hydrogen (secondary N) is 2. The Morgan fingerprint density at radius 3 is 2.45 bits per heavy atom. The van der Waals surface area contributed by atoms with E-state index in [1.165, 1.54) is 0 Å². The van der Waals surface area contributed by atoms with Crippen LogP contribution in [-0.4, -0.2) is 12.6 Å². The zero-order valence-electron chi connectivity index (χ0n) is 12.6. The van der Waals surface area contributed by atoms with Crippen molar-refractivity contribution in [3.8, 4) is 5.75 Å². The topological polar surface area (TPSA) is 50.4 Å². The van der Waals surface area contributed by atoms with E-state index in [-0.39, 0.29) is 6.03 Å². The zero-order valence-corrected chi connectivity index (χ0v) is 13.4. The zero-order chi connectivity index (χ0) is 15.9. The van der Waals surface area contributed by atoms with Crippen LogP contribution in [0, 0.1) is 5.92 Å². The molecule has 0 aromatic heterocycles. The number of hydrogen-bond acceptors (Lipinski definition) is 2. The Morgan fingerprint density at radius 2 is 1.77 bits per heavy atom. The standard InChI is InChI=1S/C17H19ClN2O2/c1-12(2)11-22-16-6-4-3-5-15(16)20-17(21)19-14-9-7-13(18)8-10-14/h3-10,12H,11H2,1-2H3,(H2,19,20,21). The minimum absolute atomic E-state index is 0.331. The first-order valence-corrected chi connectivity index (χ1v) is 7.48. The summed E-state index contributed by atoms with van der Waals surface area (Å²) in [6.45, 7) is 4.74. The molecule has 0 saturated heterocycles. The van der Waals surface area contributed by atoms with Crippen LogP contribution in [0.1, 0.15) is 13.8 Å². The molecule has 0 saturated carbocycles. The van der Waals surface area contributed by atoms with Gasteiger partial charge in [0, 0.05) is 10.7 Å². The van der Waals surface area contributed by atoms with E-state index >= 15 is 0 Å². The SMILES string of the molecule is CC(C)COc1ccccc1NC(=O)Nc1ccc(Cl)cc1. The molecule has 0 radical (unpaired) electrons. The normalized spacial score (nSPS) is 10.4. The summed E-state index contributed by atoms with van der Waals surface area (Å²) >= 11 is 5.81. The number of ether oxygens (including phenoxy) is 1. The second-order valence-corrected chi connectivity index (χ2v) is 5.72. The van der Waals surface area contributed by atoms with Crippen LogP contribution in [0.25, 0.3) is 0 Å². The van der Waals surface area contributed by atoms with Gasteiger partial charge in [0.1, 0.15) is 5.75 Å². The van der Waals surface area contributed by atoms with Crippen molar-refractivity contribution < 1.29 is 9.53 Å². The second kappa shape index (κ2) is 7.71. The highest BCUT2D eigenvalue weighted by atomic mass is 35.5. The molecule has 0 fully saturated rings. The Labute approximate surface area is 135 Å². The number of rotatable bonds is 5. The molecule has 116 valence electrons. The number of halogens is 1. The molecule has 0 aliphatic rings. The molecular weight excluding hydrogens is 300 g/mol. The van der Waals surface area contributed by atoms with E-state index in [2.05, 4.69) is 24.5 Å². The molecule has 0 atom stereocenters. The molecule has 4 nitrogen and oxygen atoms in total. The predicted molar refractivity (Wildman–Crippen MR) is 90.9 cm³/mol. The van der Waals surface area contributed by atoms with Crippen molar-refractivity contribution in [3.05, 3.63) is 53.6 Å². The number of carbonyl (C=O) groups is 1. The number of amides is 2. The summed E-state index contributed by atoms with van der Waals surface area (Å²) in [5.74, 6) is 1.07. The maximum atomic E-state index is 12.0. The molecule has 0 bridgehead atoms. The van der Waals surface area contributed by atoms with Gasteiger partial charge in [0.2, 0.25) is 0 Å². The quantitative estimate of drug-likeness (QED) is 0.813. The fourth-order valence-electron chi connectivity index (χ4n) is 1.77. The molecule has 0 spiro atoms. The molecular formula is C17H19ClN2O2. The van der Waals surface area contributed by atoms with Crippen LogP contribution in [0.3, 0.4) is 0 Å². The highest BCUT2D eigenvalue weighted by Gasteiger charge is 2.08. The van der Waals surface area contributed by atoms with Crippen LogP contribution in [0.15, 0.2) is 48.5 Å². The van der Waals surface area contributed by atoms with Crippen molar-refractivity contribution in [3.63, 3.8) is 0 Å².